The van der Waals surface area contributed by atoms with Gasteiger partial charge in [0.05, 0.1) is 28.8 Å². The van der Waals surface area contributed by atoms with E-state index in [0.29, 0.717) is 17.9 Å². The molecule has 3 aromatic rings. The summed E-state index contributed by atoms with van der Waals surface area (Å²) in [7, 11) is 1.55. The quantitative estimate of drug-likeness (QED) is 0.645. The summed E-state index contributed by atoms with van der Waals surface area (Å²) in [6.45, 7) is -0.324. The molecule has 0 saturated heterocycles. The van der Waals surface area contributed by atoms with E-state index in [1.165, 1.54) is 0 Å². The van der Waals surface area contributed by atoms with Crippen molar-refractivity contribution in [3.63, 3.8) is 0 Å². The minimum atomic E-state index is -0.426. The Hall–Kier alpha value is -2.93. The van der Waals surface area contributed by atoms with Gasteiger partial charge >= 0.3 is 5.97 Å². The molecular weight excluding hydrogens is 352 g/mol. The van der Waals surface area contributed by atoms with E-state index in [2.05, 4.69) is 10.3 Å². The number of rotatable bonds is 7. The Labute approximate surface area is 154 Å². The van der Waals surface area contributed by atoms with Crippen molar-refractivity contribution in [1.82, 2.24) is 4.98 Å². The zero-order chi connectivity index (χ0) is 18.4. The van der Waals surface area contributed by atoms with Crippen molar-refractivity contribution in [3.8, 4) is 5.75 Å². The Bertz CT molecular complexity index is 890. The maximum Gasteiger partial charge on any atom is 0.306 e. The number of fused-ring (bicyclic) bond motifs is 1. The van der Waals surface area contributed by atoms with Crippen molar-refractivity contribution in [2.45, 2.75) is 12.8 Å². The van der Waals surface area contributed by atoms with E-state index < -0.39 is 11.9 Å². The van der Waals surface area contributed by atoms with Crippen LogP contribution in [0, 0.1) is 0 Å². The van der Waals surface area contributed by atoms with Crippen molar-refractivity contribution in [3.05, 3.63) is 53.5 Å². The van der Waals surface area contributed by atoms with Gasteiger partial charge in [0, 0.05) is 18.2 Å². The molecule has 1 amide bonds. The standard InChI is InChI=1S/C19H18N2O4S/c1-24-14-6-4-5-13(11-14)20-17(22)12-25-19(23)10-9-18-21-15-7-2-3-8-16(15)26-18/h2-8,11H,9-10,12H2,1H3,(H,20,22). The van der Waals surface area contributed by atoms with Crippen LogP contribution in [0.5, 0.6) is 5.75 Å². The number of ether oxygens (including phenoxy) is 2. The molecule has 0 saturated carbocycles. The first-order valence-electron chi connectivity index (χ1n) is 8.08. The fourth-order valence-corrected chi connectivity index (χ4v) is 3.32. The summed E-state index contributed by atoms with van der Waals surface area (Å²) in [5.41, 5.74) is 1.51. The number of anilines is 1. The summed E-state index contributed by atoms with van der Waals surface area (Å²) < 4.78 is 11.2. The van der Waals surface area contributed by atoms with Gasteiger partial charge in [-0.15, -0.1) is 11.3 Å². The van der Waals surface area contributed by atoms with Crippen LogP contribution in [0.15, 0.2) is 48.5 Å². The Morgan fingerprint density at radius 2 is 2.00 bits per heavy atom. The van der Waals surface area contributed by atoms with Gasteiger partial charge in [-0.25, -0.2) is 4.98 Å². The highest BCUT2D eigenvalue weighted by Gasteiger charge is 2.10. The SMILES string of the molecule is COc1cccc(NC(=O)COC(=O)CCc2nc3ccccc3s2)c1. The zero-order valence-electron chi connectivity index (χ0n) is 14.2. The average Bonchev–Trinajstić information content (AvgIpc) is 3.08. The number of thiazole rings is 1. The monoisotopic (exact) mass is 370 g/mol. The van der Waals surface area contributed by atoms with Gasteiger partial charge in [0.25, 0.3) is 5.91 Å². The number of benzene rings is 2. The lowest BCUT2D eigenvalue weighted by Gasteiger charge is -2.07. The molecule has 1 heterocycles. The molecule has 1 aromatic heterocycles. The van der Waals surface area contributed by atoms with Crippen molar-refractivity contribution >= 4 is 39.1 Å². The van der Waals surface area contributed by atoms with E-state index in [1.54, 1.807) is 42.7 Å². The van der Waals surface area contributed by atoms with Crippen molar-refractivity contribution in [1.29, 1.82) is 0 Å². The number of nitrogens with one attached hydrogen (secondary N) is 1. The second-order valence-electron chi connectivity index (χ2n) is 5.52. The van der Waals surface area contributed by atoms with Gasteiger partial charge in [-0.3, -0.25) is 9.59 Å². The average molecular weight is 370 g/mol. The second kappa shape index (κ2) is 8.44. The van der Waals surface area contributed by atoms with E-state index in [-0.39, 0.29) is 13.0 Å². The van der Waals surface area contributed by atoms with Gasteiger partial charge < -0.3 is 14.8 Å². The van der Waals surface area contributed by atoms with E-state index in [9.17, 15) is 9.59 Å². The van der Waals surface area contributed by atoms with Crippen molar-refractivity contribution in [2.75, 3.05) is 19.0 Å². The smallest absolute Gasteiger partial charge is 0.306 e. The second-order valence-corrected chi connectivity index (χ2v) is 6.63. The molecule has 2 aromatic carbocycles. The Kier molecular flexibility index (Phi) is 5.80. The minimum Gasteiger partial charge on any atom is -0.497 e. The van der Waals surface area contributed by atoms with Crippen molar-refractivity contribution < 1.29 is 19.1 Å². The van der Waals surface area contributed by atoms with E-state index in [1.807, 2.05) is 24.3 Å². The number of aromatic nitrogens is 1. The van der Waals surface area contributed by atoms with Gasteiger partial charge in [0.2, 0.25) is 0 Å². The van der Waals surface area contributed by atoms with E-state index in [4.69, 9.17) is 9.47 Å². The van der Waals surface area contributed by atoms with Crippen LogP contribution in [-0.2, 0) is 20.7 Å². The van der Waals surface area contributed by atoms with Crippen LogP contribution in [0.2, 0.25) is 0 Å². The summed E-state index contributed by atoms with van der Waals surface area (Å²) in [6, 6.07) is 14.8. The fraction of sp³-hybridized carbons (Fsp3) is 0.211. The van der Waals surface area contributed by atoms with Gasteiger partial charge in [-0.1, -0.05) is 18.2 Å². The van der Waals surface area contributed by atoms with E-state index >= 15 is 0 Å². The molecule has 7 heteroatoms. The van der Waals surface area contributed by atoms with Crippen LogP contribution < -0.4 is 10.1 Å². The molecule has 6 nitrogen and oxygen atoms in total. The minimum absolute atomic E-state index is 0.187. The van der Waals surface area contributed by atoms with E-state index in [0.717, 1.165) is 15.2 Å². The van der Waals surface area contributed by atoms with Gasteiger partial charge in [0.1, 0.15) is 5.75 Å². The number of carbonyl (C=O) groups excluding carboxylic acids is 2. The predicted octanol–water partition coefficient (Wildman–Crippen LogP) is 3.42. The molecule has 0 unspecified atom stereocenters. The van der Waals surface area contributed by atoms with Crippen LogP contribution in [-0.4, -0.2) is 30.6 Å². The number of aryl methyl sites for hydroxylation is 1. The first-order valence-corrected chi connectivity index (χ1v) is 8.89. The van der Waals surface area contributed by atoms with Gasteiger partial charge in [0.15, 0.2) is 6.61 Å². The number of hydrogen-bond donors (Lipinski definition) is 1. The lowest BCUT2D eigenvalue weighted by atomic mass is 10.3. The zero-order valence-corrected chi connectivity index (χ0v) is 15.0. The molecule has 0 spiro atoms. The number of methoxy groups -OCH3 is 1. The van der Waals surface area contributed by atoms with Crippen LogP contribution in [0.25, 0.3) is 10.2 Å². The number of para-hydroxylation sites is 1. The first kappa shape index (κ1) is 17.9. The highest BCUT2D eigenvalue weighted by atomic mass is 32.1. The number of esters is 1. The number of hydrogen-bond acceptors (Lipinski definition) is 6. The Balaban J connectivity index is 1.43. The molecule has 0 fully saturated rings. The Morgan fingerprint density at radius 3 is 2.81 bits per heavy atom. The predicted molar refractivity (Wildman–Crippen MR) is 101 cm³/mol. The summed E-state index contributed by atoms with van der Waals surface area (Å²) >= 11 is 1.56. The third kappa shape index (κ3) is 4.80. The summed E-state index contributed by atoms with van der Waals surface area (Å²) in [4.78, 5) is 28.2. The molecule has 134 valence electrons. The van der Waals surface area contributed by atoms with Gasteiger partial charge in [-0.05, 0) is 24.3 Å². The third-order valence-corrected chi connectivity index (χ3v) is 4.70. The normalized spacial score (nSPS) is 10.5. The molecular formula is C19H18N2O4S. The number of carbonyl (C=O) groups is 2. The maximum absolute atomic E-state index is 11.9. The highest BCUT2D eigenvalue weighted by Crippen LogP contribution is 2.22. The lowest BCUT2D eigenvalue weighted by Crippen LogP contribution is -2.21. The number of nitrogens with zero attached hydrogens (tertiary/aromatic N) is 1. The van der Waals surface area contributed by atoms with Crippen LogP contribution in [0.4, 0.5) is 5.69 Å². The Morgan fingerprint density at radius 1 is 1.15 bits per heavy atom. The first-order chi connectivity index (χ1) is 12.6. The molecule has 0 aliphatic carbocycles. The largest absolute Gasteiger partial charge is 0.497 e. The molecule has 0 radical (unpaired) electrons. The van der Waals surface area contributed by atoms with Gasteiger partial charge in [-0.2, -0.15) is 0 Å². The molecule has 0 bridgehead atoms. The molecule has 3 rings (SSSR count). The van der Waals surface area contributed by atoms with Crippen LogP contribution in [0.1, 0.15) is 11.4 Å². The molecule has 1 N–H and O–H groups in total. The highest BCUT2D eigenvalue weighted by molar-refractivity contribution is 7.18. The fourth-order valence-electron chi connectivity index (χ4n) is 2.35. The summed E-state index contributed by atoms with van der Waals surface area (Å²) in [6.07, 6.45) is 0.682. The third-order valence-electron chi connectivity index (χ3n) is 3.60. The topological polar surface area (TPSA) is 77.5 Å². The summed E-state index contributed by atoms with van der Waals surface area (Å²) in [5, 5.41) is 3.54. The van der Waals surface area contributed by atoms with Crippen LogP contribution >= 0.6 is 11.3 Å². The molecule has 0 aliphatic rings. The summed E-state index contributed by atoms with van der Waals surface area (Å²) in [5.74, 6) is -0.188. The molecule has 26 heavy (non-hydrogen) atoms. The molecule has 0 atom stereocenters. The van der Waals surface area contributed by atoms with Crippen LogP contribution in [0.3, 0.4) is 0 Å². The lowest BCUT2D eigenvalue weighted by molar-refractivity contribution is -0.147. The molecule has 0 aliphatic heterocycles. The number of amides is 1. The van der Waals surface area contributed by atoms with Crippen molar-refractivity contribution in [2.24, 2.45) is 0 Å². The maximum atomic E-state index is 11.9.